The molecular weight excluding hydrogens is 217 g/mol. The summed E-state index contributed by atoms with van der Waals surface area (Å²) in [4.78, 5) is 0. The van der Waals surface area contributed by atoms with Crippen LogP contribution in [0.2, 0.25) is 0 Å². The number of rotatable bonds is 0. The molecule has 1 unspecified atom stereocenters. The zero-order chi connectivity index (χ0) is 13.7. The first-order valence-corrected chi connectivity index (χ1v) is 6.50. The molecule has 1 rings (SSSR count). The van der Waals surface area contributed by atoms with Crippen molar-refractivity contribution in [1.82, 2.24) is 0 Å². The highest BCUT2D eigenvalue weighted by Crippen LogP contribution is 2.04. The van der Waals surface area contributed by atoms with E-state index in [1.54, 1.807) is 6.08 Å². The van der Waals surface area contributed by atoms with Crippen LogP contribution in [0.5, 0.6) is 0 Å². The van der Waals surface area contributed by atoms with Crippen LogP contribution < -0.4 is 0 Å². The predicted octanol–water partition coefficient (Wildman–Crippen LogP) is 4.56. The van der Waals surface area contributed by atoms with Crippen molar-refractivity contribution < 1.29 is 4.74 Å². The minimum Gasteiger partial charge on any atom is -0.373 e. The second-order valence-electron chi connectivity index (χ2n) is 1.55. The van der Waals surface area contributed by atoms with Crippen LogP contribution in [0.25, 0.3) is 0 Å². The Balaban J connectivity index is -0.0000000112. The summed E-state index contributed by atoms with van der Waals surface area (Å²) in [7, 11) is 0. The topological polar surface area (TPSA) is 12.5 Å². The molecule has 0 spiro atoms. The second-order valence-corrected chi connectivity index (χ2v) is 1.55. The van der Waals surface area contributed by atoms with Crippen molar-refractivity contribution in [1.29, 1.82) is 0 Å². The molecule has 0 bridgehead atoms. The van der Waals surface area contributed by atoms with Gasteiger partial charge in [-0.1, -0.05) is 61.5 Å². The molecule has 1 heterocycles. The summed E-state index contributed by atoms with van der Waals surface area (Å²) < 4.78 is 4.71. The number of allylic oxidation sites excluding steroid dienone is 1. The van der Waals surface area contributed by atoms with E-state index in [1.165, 1.54) is 0 Å². The quantitative estimate of drug-likeness (QED) is 0.350. The van der Waals surface area contributed by atoms with Gasteiger partial charge < -0.3 is 4.74 Å². The van der Waals surface area contributed by atoms with Gasteiger partial charge in [-0.15, -0.1) is 6.58 Å². The first-order chi connectivity index (χ1) is 7.31. The monoisotopic (exact) mass is 253 g/mol. The van der Waals surface area contributed by atoms with Crippen molar-refractivity contribution in [2.45, 2.75) is 75.3 Å². The van der Waals surface area contributed by atoms with E-state index in [4.69, 9.17) is 4.74 Å². The number of hydrogen-bond acceptors (Lipinski definition) is 1. The van der Waals surface area contributed by atoms with Crippen molar-refractivity contribution in [3.05, 3.63) is 12.7 Å². The number of epoxide rings is 1. The Morgan fingerprint density at radius 1 is 0.833 bits per heavy atom. The van der Waals surface area contributed by atoms with E-state index in [0.717, 1.165) is 6.61 Å². The first-order valence-electron chi connectivity index (χ1n) is 6.50. The lowest BCUT2D eigenvalue weighted by atomic mass is 10.6. The van der Waals surface area contributed by atoms with Gasteiger partial charge in [0.15, 0.2) is 0 Å². The standard InChI is InChI=1S/C3H6O.C3H6.4C2H6.3B/c1-3-2-4-3;1-3-2;4*1-2;;;/h3H,2H2,1H3;3H,1H2,2H3;4*1-2H3;;;. The molecule has 4 heteroatoms. The van der Waals surface area contributed by atoms with Gasteiger partial charge in [0.05, 0.1) is 12.7 Å². The van der Waals surface area contributed by atoms with Crippen molar-refractivity contribution >= 4 is 25.2 Å². The van der Waals surface area contributed by atoms with E-state index in [9.17, 15) is 0 Å². The van der Waals surface area contributed by atoms with Crippen molar-refractivity contribution in [3.63, 3.8) is 0 Å². The van der Waals surface area contributed by atoms with Gasteiger partial charge in [0.25, 0.3) is 0 Å². The van der Waals surface area contributed by atoms with E-state index in [2.05, 4.69) is 13.5 Å². The molecule has 0 amide bonds. The Morgan fingerprint density at radius 2 is 0.889 bits per heavy atom. The molecule has 107 valence electrons. The van der Waals surface area contributed by atoms with Gasteiger partial charge >= 0.3 is 0 Å². The second kappa shape index (κ2) is 123. The molecule has 9 radical (unpaired) electrons. The summed E-state index contributed by atoms with van der Waals surface area (Å²) in [5, 5.41) is 0. The normalized spacial score (nSPS) is 10.9. The predicted molar refractivity (Wildman–Crippen MR) is 93.9 cm³/mol. The minimum atomic E-state index is 0. The summed E-state index contributed by atoms with van der Waals surface area (Å²) in [5.41, 5.74) is 0. The van der Waals surface area contributed by atoms with Gasteiger partial charge in [-0.25, -0.2) is 0 Å². The van der Waals surface area contributed by atoms with Crippen molar-refractivity contribution in [3.8, 4) is 0 Å². The lowest BCUT2D eigenvalue weighted by Gasteiger charge is -1.50. The molecule has 0 aromatic rings. The van der Waals surface area contributed by atoms with Gasteiger partial charge in [0, 0.05) is 25.2 Å². The maximum Gasteiger partial charge on any atom is 0.0781 e. The Hall–Kier alpha value is -0.105. The molecular formula is C14H36B3O. The highest BCUT2D eigenvalue weighted by molar-refractivity contribution is 5.76. The maximum absolute atomic E-state index is 4.71. The molecule has 1 aliphatic heterocycles. The summed E-state index contributed by atoms with van der Waals surface area (Å²) >= 11 is 0. The third-order valence-corrected chi connectivity index (χ3v) is 0.500. The van der Waals surface area contributed by atoms with Crippen LogP contribution in [0.1, 0.15) is 69.2 Å². The highest BCUT2D eigenvalue weighted by Gasteiger charge is 2.13. The molecule has 0 aliphatic carbocycles. The van der Waals surface area contributed by atoms with Crippen molar-refractivity contribution in [2.75, 3.05) is 6.61 Å². The van der Waals surface area contributed by atoms with E-state index >= 15 is 0 Å². The zero-order valence-corrected chi connectivity index (χ0v) is 14.7. The van der Waals surface area contributed by atoms with Gasteiger partial charge in [-0.05, 0) is 13.8 Å². The van der Waals surface area contributed by atoms with Gasteiger partial charge in [-0.2, -0.15) is 0 Å². The van der Waals surface area contributed by atoms with Gasteiger partial charge in [0.1, 0.15) is 0 Å². The fourth-order valence-electron chi connectivity index (χ4n) is 0.0962. The molecule has 1 nitrogen and oxygen atoms in total. The van der Waals surface area contributed by atoms with E-state index in [1.807, 2.05) is 62.3 Å². The Kier molecular flexibility index (Phi) is 356. The summed E-state index contributed by atoms with van der Waals surface area (Å²) in [5.74, 6) is 0. The molecule has 1 fully saturated rings. The van der Waals surface area contributed by atoms with Crippen LogP contribution in [0, 0.1) is 0 Å². The van der Waals surface area contributed by atoms with Gasteiger partial charge in [0.2, 0.25) is 0 Å². The Bertz CT molecular complexity index is 59.0. The van der Waals surface area contributed by atoms with Crippen LogP contribution in [0.3, 0.4) is 0 Å². The maximum atomic E-state index is 4.71. The lowest BCUT2D eigenvalue weighted by molar-refractivity contribution is 0.423. The number of hydrogen-bond donors (Lipinski definition) is 0. The molecule has 0 N–H and O–H groups in total. The summed E-state index contributed by atoms with van der Waals surface area (Å²) in [6, 6.07) is 0. The van der Waals surface area contributed by atoms with E-state index in [0.29, 0.717) is 6.10 Å². The first kappa shape index (κ1) is 52.2. The molecule has 18 heavy (non-hydrogen) atoms. The van der Waals surface area contributed by atoms with Crippen LogP contribution in [0.15, 0.2) is 12.7 Å². The van der Waals surface area contributed by atoms with Crippen LogP contribution >= 0.6 is 0 Å². The molecule has 0 aromatic heterocycles. The zero-order valence-electron chi connectivity index (χ0n) is 14.7. The fraction of sp³-hybridized carbons (Fsp3) is 0.857. The molecule has 0 saturated carbocycles. The van der Waals surface area contributed by atoms with E-state index in [-0.39, 0.29) is 25.2 Å². The smallest absolute Gasteiger partial charge is 0.0781 e. The third-order valence-electron chi connectivity index (χ3n) is 0.500. The SMILES string of the molecule is C=CC.CC.CC.CC.CC.CC1CO1.[B].[B].[B]. The van der Waals surface area contributed by atoms with Crippen LogP contribution in [-0.2, 0) is 4.74 Å². The third kappa shape index (κ3) is 421. The number of ether oxygens (including phenoxy) is 1. The average Bonchev–Trinajstić information content (AvgIpc) is 3.13. The van der Waals surface area contributed by atoms with Gasteiger partial charge in [-0.3, -0.25) is 0 Å². The summed E-state index contributed by atoms with van der Waals surface area (Å²) in [6.45, 7) is 24.3. The molecule has 1 aliphatic rings. The van der Waals surface area contributed by atoms with Crippen LogP contribution in [-0.4, -0.2) is 37.9 Å². The largest absolute Gasteiger partial charge is 0.373 e. The lowest BCUT2D eigenvalue weighted by Crippen LogP contribution is -1.60. The Morgan fingerprint density at radius 3 is 0.889 bits per heavy atom. The van der Waals surface area contributed by atoms with Crippen molar-refractivity contribution in [2.24, 2.45) is 0 Å². The Labute approximate surface area is 125 Å². The minimum absolute atomic E-state index is 0. The average molecular weight is 253 g/mol. The van der Waals surface area contributed by atoms with Crippen LogP contribution in [0.4, 0.5) is 0 Å². The summed E-state index contributed by atoms with van der Waals surface area (Å²) in [6.07, 6.45) is 2.33. The molecule has 1 saturated heterocycles. The molecule has 1 atom stereocenters. The van der Waals surface area contributed by atoms with E-state index < -0.39 is 0 Å². The fourth-order valence-corrected chi connectivity index (χ4v) is 0.0962. The highest BCUT2D eigenvalue weighted by atomic mass is 16.6. The molecule has 0 aromatic carbocycles.